The summed E-state index contributed by atoms with van der Waals surface area (Å²) in [6.45, 7) is 5.42. The monoisotopic (exact) mass is 319 g/mol. The van der Waals surface area contributed by atoms with Gasteiger partial charge in [-0.25, -0.2) is 0 Å². The van der Waals surface area contributed by atoms with Gasteiger partial charge in [0.05, 0.1) is 24.9 Å². The second kappa shape index (κ2) is 7.86. The average molecular weight is 319 g/mol. The molecule has 3 rings (SSSR count). The lowest BCUT2D eigenvalue weighted by molar-refractivity contribution is -0.136. The molecule has 0 bridgehead atoms. The Bertz CT molecular complexity index is 514. The van der Waals surface area contributed by atoms with Gasteiger partial charge in [0.1, 0.15) is 6.61 Å². The maximum Gasteiger partial charge on any atom is 0.249 e. The van der Waals surface area contributed by atoms with Crippen molar-refractivity contribution in [1.29, 1.82) is 0 Å². The predicted octanol–water partition coefficient (Wildman–Crippen LogP) is 1.22. The Morgan fingerprint density at radius 1 is 1.35 bits per heavy atom. The molecule has 0 radical (unpaired) electrons. The van der Waals surface area contributed by atoms with Crippen molar-refractivity contribution in [3.05, 3.63) is 29.6 Å². The van der Waals surface area contributed by atoms with Crippen molar-refractivity contribution in [1.82, 2.24) is 14.8 Å². The Balaban J connectivity index is 1.62. The number of hydrogen-bond donors (Lipinski definition) is 0. The van der Waals surface area contributed by atoms with E-state index >= 15 is 0 Å². The van der Waals surface area contributed by atoms with Crippen LogP contribution in [0.5, 0.6) is 0 Å². The molecule has 0 saturated carbocycles. The van der Waals surface area contributed by atoms with E-state index < -0.39 is 0 Å². The summed E-state index contributed by atoms with van der Waals surface area (Å²) in [6, 6.07) is 4.29. The standard InChI is InChI=1S/C17H25N3O3/c1-22-13-17(21)20-6-2-3-16(20)15-5-4-14(11-18-15)12-19-7-9-23-10-8-19/h4-5,11,16H,2-3,6-10,12-13H2,1H3/t16-/m1/s1. The van der Waals surface area contributed by atoms with E-state index in [2.05, 4.69) is 22.0 Å². The highest BCUT2D eigenvalue weighted by Crippen LogP contribution is 2.30. The lowest BCUT2D eigenvalue weighted by atomic mass is 10.1. The number of likely N-dealkylation sites (tertiary alicyclic amines) is 1. The van der Waals surface area contributed by atoms with Crippen LogP contribution in [0.15, 0.2) is 18.3 Å². The summed E-state index contributed by atoms with van der Waals surface area (Å²) in [7, 11) is 1.56. The fourth-order valence-electron chi connectivity index (χ4n) is 3.32. The van der Waals surface area contributed by atoms with Crippen molar-refractivity contribution in [2.75, 3.05) is 46.6 Å². The van der Waals surface area contributed by atoms with Crippen molar-refractivity contribution in [3.63, 3.8) is 0 Å². The summed E-state index contributed by atoms with van der Waals surface area (Å²) in [5.74, 6) is 0.0502. The van der Waals surface area contributed by atoms with Crippen LogP contribution in [-0.2, 0) is 20.8 Å². The molecule has 0 aromatic carbocycles. The molecule has 126 valence electrons. The number of carbonyl (C=O) groups is 1. The van der Waals surface area contributed by atoms with Gasteiger partial charge in [-0.2, -0.15) is 0 Å². The predicted molar refractivity (Wildman–Crippen MR) is 85.9 cm³/mol. The third-order valence-corrected chi connectivity index (χ3v) is 4.54. The molecular weight excluding hydrogens is 294 g/mol. The summed E-state index contributed by atoms with van der Waals surface area (Å²) >= 11 is 0. The van der Waals surface area contributed by atoms with Gasteiger partial charge >= 0.3 is 0 Å². The zero-order valence-electron chi connectivity index (χ0n) is 13.7. The molecule has 1 amide bonds. The van der Waals surface area contributed by atoms with Crippen molar-refractivity contribution >= 4 is 5.91 Å². The fraction of sp³-hybridized carbons (Fsp3) is 0.647. The molecule has 23 heavy (non-hydrogen) atoms. The van der Waals surface area contributed by atoms with E-state index in [-0.39, 0.29) is 18.6 Å². The van der Waals surface area contributed by atoms with Crippen LogP contribution >= 0.6 is 0 Å². The molecule has 1 aromatic rings. The first-order valence-electron chi connectivity index (χ1n) is 8.31. The highest BCUT2D eigenvalue weighted by Gasteiger charge is 2.30. The summed E-state index contributed by atoms with van der Waals surface area (Å²) in [6.07, 6.45) is 3.95. The van der Waals surface area contributed by atoms with Crippen molar-refractivity contribution < 1.29 is 14.3 Å². The Labute approximate surface area is 137 Å². The number of amides is 1. The van der Waals surface area contributed by atoms with Gasteiger partial charge in [0.15, 0.2) is 0 Å². The molecule has 0 unspecified atom stereocenters. The smallest absolute Gasteiger partial charge is 0.249 e. The SMILES string of the molecule is COCC(=O)N1CCC[C@@H]1c1ccc(CN2CCOCC2)cn1. The van der Waals surface area contributed by atoms with Gasteiger partial charge in [-0.15, -0.1) is 0 Å². The molecular formula is C17H25N3O3. The maximum absolute atomic E-state index is 12.1. The Morgan fingerprint density at radius 3 is 2.87 bits per heavy atom. The zero-order chi connectivity index (χ0) is 16.1. The lowest BCUT2D eigenvalue weighted by Crippen LogP contribution is -2.35. The van der Waals surface area contributed by atoms with Crippen LogP contribution < -0.4 is 0 Å². The number of rotatable bonds is 5. The quantitative estimate of drug-likeness (QED) is 0.817. The molecule has 0 spiro atoms. The third-order valence-electron chi connectivity index (χ3n) is 4.54. The number of morpholine rings is 1. The van der Waals surface area contributed by atoms with Gasteiger partial charge in [0, 0.05) is 39.5 Å². The van der Waals surface area contributed by atoms with E-state index in [0.717, 1.165) is 57.9 Å². The number of aromatic nitrogens is 1. The van der Waals surface area contributed by atoms with Gasteiger partial charge in [-0.1, -0.05) is 6.07 Å². The molecule has 6 heteroatoms. The molecule has 1 atom stereocenters. The first kappa shape index (κ1) is 16.4. The average Bonchev–Trinajstić information content (AvgIpc) is 3.06. The van der Waals surface area contributed by atoms with Gasteiger partial charge in [0.2, 0.25) is 5.91 Å². The van der Waals surface area contributed by atoms with E-state index in [9.17, 15) is 4.79 Å². The minimum Gasteiger partial charge on any atom is -0.379 e. The van der Waals surface area contributed by atoms with Gasteiger partial charge in [-0.05, 0) is 24.5 Å². The topological polar surface area (TPSA) is 54.9 Å². The normalized spacial score (nSPS) is 22.5. The minimum atomic E-state index is 0.0502. The molecule has 2 saturated heterocycles. The first-order valence-corrected chi connectivity index (χ1v) is 8.31. The molecule has 6 nitrogen and oxygen atoms in total. The first-order chi connectivity index (χ1) is 11.3. The van der Waals surface area contributed by atoms with Crippen molar-refractivity contribution in [2.24, 2.45) is 0 Å². The second-order valence-corrected chi connectivity index (χ2v) is 6.16. The van der Waals surface area contributed by atoms with Crippen molar-refractivity contribution in [2.45, 2.75) is 25.4 Å². The molecule has 2 aliphatic rings. The van der Waals surface area contributed by atoms with Gasteiger partial charge in [-0.3, -0.25) is 14.7 Å². The number of methoxy groups -OCH3 is 1. The molecule has 1 aromatic heterocycles. The van der Waals surface area contributed by atoms with Gasteiger partial charge in [0.25, 0.3) is 0 Å². The van der Waals surface area contributed by atoms with Crippen LogP contribution in [0.4, 0.5) is 0 Å². The molecule has 0 N–H and O–H groups in total. The Hall–Kier alpha value is -1.50. The van der Waals surface area contributed by atoms with Crippen LogP contribution in [0.25, 0.3) is 0 Å². The van der Waals surface area contributed by atoms with Crippen LogP contribution in [0.1, 0.15) is 30.1 Å². The highest BCUT2D eigenvalue weighted by molar-refractivity contribution is 5.78. The molecule has 2 aliphatic heterocycles. The van der Waals surface area contributed by atoms with Crippen LogP contribution in [0, 0.1) is 0 Å². The van der Waals surface area contributed by atoms with E-state index in [4.69, 9.17) is 9.47 Å². The summed E-state index contributed by atoms with van der Waals surface area (Å²) in [5.41, 5.74) is 2.20. The van der Waals surface area contributed by atoms with Crippen LogP contribution in [-0.4, -0.2) is 67.3 Å². The molecule has 2 fully saturated rings. The fourth-order valence-corrected chi connectivity index (χ4v) is 3.32. The number of nitrogens with zero attached hydrogens (tertiary/aromatic N) is 3. The van der Waals surface area contributed by atoms with E-state index in [1.54, 1.807) is 7.11 Å². The Kier molecular flexibility index (Phi) is 5.59. The third kappa shape index (κ3) is 4.07. The number of ether oxygens (including phenoxy) is 2. The van der Waals surface area contributed by atoms with E-state index in [1.807, 2.05) is 11.1 Å². The number of carbonyl (C=O) groups excluding carboxylic acids is 1. The Morgan fingerprint density at radius 2 is 2.17 bits per heavy atom. The summed E-state index contributed by atoms with van der Waals surface area (Å²) < 4.78 is 10.3. The summed E-state index contributed by atoms with van der Waals surface area (Å²) in [5, 5.41) is 0. The van der Waals surface area contributed by atoms with E-state index in [1.165, 1.54) is 5.56 Å². The van der Waals surface area contributed by atoms with E-state index in [0.29, 0.717) is 0 Å². The minimum absolute atomic E-state index is 0.0502. The maximum atomic E-state index is 12.1. The molecule has 0 aliphatic carbocycles. The lowest BCUT2D eigenvalue weighted by Gasteiger charge is -2.27. The van der Waals surface area contributed by atoms with Gasteiger partial charge < -0.3 is 14.4 Å². The van der Waals surface area contributed by atoms with Crippen molar-refractivity contribution in [3.8, 4) is 0 Å². The number of hydrogen-bond acceptors (Lipinski definition) is 5. The van der Waals surface area contributed by atoms with Crippen LogP contribution in [0.2, 0.25) is 0 Å². The molecule has 3 heterocycles. The summed E-state index contributed by atoms with van der Waals surface area (Å²) in [4.78, 5) is 21.0. The number of pyridine rings is 1. The highest BCUT2D eigenvalue weighted by atomic mass is 16.5. The second-order valence-electron chi connectivity index (χ2n) is 6.16. The van der Waals surface area contributed by atoms with Crippen LogP contribution in [0.3, 0.4) is 0 Å². The largest absolute Gasteiger partial charge is 0.379 e. The zero-order valence-corrected chi connectivity index (χ0v) is 13.7.